The van der Waals surface area contributed by atoms with Gasteiger partial charge in [0.1, 0.15) is 5.82 Å². The first-order valence-electron chi connectivity index (χ1n) is 7.54. The molecule has 0 radical (unpaired) electrons. The van der Waals surface area contributed by atoms with Gasteiger partial charge in [0.05, 0.1) is 17.1 Å². The number of nitrogens with zero attached hydrogens (tertiary/aromatic N) is 2. The maximum absolute atomic E-state index is 13.9. The van der Waals surface area contributed by atoms with Gasteiger partial charge >= 0.3 is 0 Å². The van der Waals surface area contributed by atoms with Crippen LogP contribution in [0.25, 0.3) is 0 Å². The van der Waals surface area contributed by atoms with Gasteiger partial charge in [-0.1, -0.05) is 15.9 Å². The van der Waals surface area contributed by atoms with E-state index in [0.717, 1.165) is 0 Å². The molecular weight excluding hydrogens is 387 g/mol. The summed E-state index contributed by atoms with van der Waals surface area (Å²) in [5, 5.41) is 0. The molecule has 2 aliphatic heterocycles. The van der Waals surface area contributed by atoms with E-state index in [0.29, 0.717) is 37.1 Å². The minimum Gasteiger partial charge on any atom is -0.336 e. The van der Waals surface area contributed by atoms with Crippen molar-refractivity contribution >= 4 is 31.7 Å². The predicted octanol–water partition coefficient (Wildman–Crippen LogP) is 1.53. The van der Waals surface area contributed by atoms with Gasteiger partial charge in [-0.3, -0.25) is 9.69 Å². The van der Waals surface area contributed by atoms with Crippen LogP contribution in [-0.4, -0.2) is 67.9 Å². The molecule has 0 aliphatic carbocycles. The molecule has 3 rings (SSSR count). The summed E-state index contributed by atoms with van der Waals surface area (Å²) in [5.41, 5.74) is 0.0742. The number of benzene rings is 1. The third-order valence-electron chi connectivity index (χ3n) is 4.49. The molecule has 0 saturated carbocycles. The van der Waals surface area contributed by atoms with Gasteiger partial charge in [-0.05, 0) is 24.6 Å². The zero-order valence-electron chi connectivity index (χ0n) is 12.5. The highest BCUT2D eigenvalue weighted by molar-refractivity contribution is 9.10. The van der Waals surface area contributed by atoms with Crippen molar-refractivity contribution in [3.05, 3.63) is 34.1 Å². The minimum atomic E-state index is -2.90. The molecule has 0 N–H and O–H groups in total. The van der Waals surface area contributed by atoms with Gasteiger partial charge in [0, 0.05) is 36.7 Å². The molecule has 1 atom stereocenters. The van der Waals surface area contributed by atoms with Gasteiger partial charge < -0.3 is 4.90 Å². The van der Waals surface area contributed by atoms with E-state index in [1.807, 2.05) is 0 Å². The van der Waals surface area contributed by atoms with E-state index in [1.54, 1.807) is 11.0 Å². The summed E-state index contributed by atoms with van der Waals surface area (Å²) in [6, 6.07) is 4.47. The largest absolute Gasteiger partial charge is 0.336 e. The molecule has 5 nitrogen and oxygen atoms in total. The van der Waals surface area contributed by atoms with Gasteiger partial charge in [-0.2, -0.15) is 0 Å². The van der Waals surface area contributed by atoms with Gasteiger partial charge in [0.2, 0.25) is 0 Å². The highest BCUT2D eigenvalue weighted by atomic mass is 79.9. The van der Waals surface area contributed by atoms with Gasteiger partial charge in [-0.15, -0.1) is 0 Å². The van der Waals surface area contributed by atoms with Crippen molar-refractivity contribution in [2.75, 3.05) is 37.7 Å². The number of sulfone groups is 1. The maximum Gasteiger partial charge on any atom is 0.256 e. The maximum atomic E-state index is 13.9. The van der Waals surface area contributed by atoms with Crippen LogP contribution in [0.2, 0.25) is 0 Å². The van der Waals surface area contributed by atoms with Crippen molar-refractivity contribution in [1.82, 2.24) is 9.80 Å². The molecule has 2 fully saturated rings. The van der Waals surface area contributed by atoms with E-state index in [9.17, 15) is 17.6 Å². The molecule has 2 saturated heterocycles. The van der Waals surface area contributed by atoms with E-state index < -0.39 is 15.7 Å². The second-order valence-electron chi connectivity index (χ2n) is 6.01. The molecule has 0 bridgehead atoms. The number of piperazine rings is 1. The van der Waals surface area contributed by atoms with E-state index in [1.165, 1.54) is 12.1 Å². The number of carbonyl (C=O) groups is 1. The van der Waals surface area contributed by atoms with Crippen molar-refractivity contribution in [1.29, 1.82) is 0 Å². The Bertz CT molecular complexity index is 717. The van der Waals surface area contributed by atoms with Crippen LogP contribution in [-0.2, 0) is 9.84 Å². The lowest BCUT2D eigenvalue weighted by Crippen LogP contribution is -2.52. The lowest BCUT2D eigenvalue weighted by molar-refractivity contribution is 0.0583. The molecule has 8 heteroatoms. The Morgan fingerprint density at radius 1 is 1.22 bits per heavy atom. The van der Waals surface area contributed by atoms with Crippen LogP contribution in [0.3, 0.4) is 0 Å². The quantitative estimate of drug-likeness (QED) is 0.749. The Morgan fingerprint density at radius 2 is 1.91 bits per heavy atom. The van der Waals surface area contributed by atoms with E-state index >= 15 is 0 Å². The van der Waals surface area contributed by atoms with Crippen molar-refractivity contribution in [2.45, 2.75) is 12.5 Å². The van der Waals surface area contributed by atoms with Crippen molar-refractivity contribution in [3.63, 3.8) is 0 Å². The second-order valence-corrected chi connectivity index (χ2v) is 9.15. The van der Waals surface area contributed by atoms with Crippen LogP contribution in [0, 0.1) is 5.82 Å². The summed E-state index contributed by atoms with van der Waals surface area (Å²) < 4.78 is 37.6. The molecule has 2 aliphatic rings. The number of halogens is 2. The molecule has 0 unspecified atom stereocenters. The van der Waals surface area contributed by atoms with Crippen LogP contribution < -0.4 is 0 Å². The van der Waals surface area contributed by atoms with Crippen LogP contribution in [0.4, 0.5) is 4.39 Å². The molecule has 1 aromatic carbocycles. The Balaban J connectivity index is 1.61. The Kier molecular flexibility index (Phi) is 4.75. The van der Waals surface area contributed by atoms with Crippen LogP contribution in [0.15, 0.2) is 22.7 Å². The summed E-state index contributed by atoms with van der Waals surface area (Å²) in [4.78, 5) is 16.2. The Hall–Kier alpha value is -0.990. The number of amides is 1. The Labute approximate surface area is 143 Å². The monoisotopic (exact) mass is 404 g/mol. The zero-order chi connectivity index (χ0) is 16.6. The van der Waals surface area contributed by atoms with E-state index in [2.05, 4.69) is 20.8 Å². The average molecular weight is 405 g/mol. The van der Waals surface area contributed by atoms with Crippen molar-refractivity contribution in [2.24, 2.45) is 0 Å². The molecule has 126 valence electrons. The van der Waals surface area contributed by atoms with Crippen molar-refractivity contribution < 1.29 is 17.6 Å². The smallest absolute Gasteiger partial charge is 0.256 e. The topological polar surface area (TPSA) is 57.7 Å². The number of hydrogen-bond acceptors (Lipinski definition) is 4. The van der Waals surface area contributed by atoms with Crippen LogP contribution in [0.5, 0.6) is 0 Å². The number of carbonyl (C=O) groups excluding carboxylic acids is 1. The summed E-state index contributed by atoms with van der Waals surface area (Å²) >= 11 is 3.18. The molecule has 1 amide bonds. The molecule has 1 aromatic rings. The minimum absolute atomic E-state index is 0.0571. The summed E-state index contributed by atoms with van der Waals surface area (Å²) in [6.45, 7) is 2.24. The fourth-order valence-corrected chi connectivity index (χ4v) is 5.28. The summed E-state index contributed by atoms with van der Waals surface area (Å²) in [6.07, 6.45) is 0.664. The van der Waals surface area contributed by atoms with E-state index in [-0.39, 0.29) is 29.0 Å². The second kappa shape index (κ2) is 6.49. The Morgan fingerprint density at radius 3 is 2.48 bits per heavy atom. The number of rotatable bonds is 2. The van der Waals surface area contributed by atoms with Gasteiger partial charge in [0.25, 0.3) is 5.91 Å². The highest BCUT2D eigenvalue weighted by Crippen LogP contribution is 2.21. The molecule has 23 heavy (non-hydrogen) atoms. The fourth-order valence-electron chi connectivity index (χ4n) is 3.19. The van der Waals surface area contributed by atoms with Crippen molar-refractivity contribution in [3.8, 4) is 0 Å². The third kappa shape index (κ3) is 3.75. The van der Waals surface area contributed by atoms with Gasteiger partial charge in [-0.25, -0.2) is 12.8 Å². The molecule has 0 spiro atoms. The first-order chi connectivity index (χ1) is 10.9. The summed E-state index contributed by atoms with van der Waals surface area (Å²) in [5.74, 6) is -0.384. The third-order valence-corrected chi connectivity index (χ3v) is 6.73. The normalized spacial score (nSPS) is 24.8. The zero-order valence-corrected chi connectivity index (χ0v) is 14.9. The highest BCUT2D eigenvalue weighted by Gasteiger charge is 2.34. The standard InChI is InChI=1S/C15H18BrFN2O3S/c16-11-1-2-13(14(17)9-11)15(20)19-6-4-18(5-7-19)12-3-8-23(21,22)10-12/h1-2,9,12H,3-8,10H2/t12-/m0/s1. The first-order valence-corrected chi connectivity index (χ1v) is 10.2. The average Bonchev–Trinajstić information content (AvgIpc) is 2.87. The van der Waals surface area contributed by atoms with Crippen LogP contribution in [0.1, 0.15) is 16.8 Å². The molecule has 2 heterocycles. The van der Waals surface area contributed by atoms with Crippen LogP contribution >= 0.6 is 15.9 Å². The van der Waals surface area contributed by atoms with E-state index in [4.69, 9.17) is 0 Å². The molecule has 0 aromatic heterocycles. The lowest BCUT2D eigenvalue weighted by atomic mass is 10.1. The molecular formula is C15H18BrFN2O3S. The SMILES string of the molecule is O=C(c1ccc(Br)cc1F)N1CCN([C@H]2CCS(=O)(=O)C2)CC1. The fraction of sp³-hybridized carbons (Fsp3) is 0.533. The number of hydrogen-bond donors (Lipinski definition) is 0. The van der Waals surface area contributed by atoms with Gasteiger partial charge in [0.15, 0.2) is 9.84 Å². The lowest BCUT2D eigenvalue weighted by Gasteiger charge is -2.37. The summed E-state index contributed by atoms with van der Waals surface area (Å²) in [7, 11) is -2.90. The predicted molar refractivity (Wildman–Crippen MR) is 88.6 cm³/mol. The first kappa shape index (κ1) is 16.9.